The zero-order valence-corrected chi connectivity index (χ0v) is 11.5. The third-order valence-corrected chi connectivity index (χ3v) is 4.08. The monoisotopic (exact) mass is 263 g/mol. The predicted molar refractivity (Wildman–Crippen MR) is 81.4 cm³/mol. The Morgan fingerprint density at radius 2 is 1.60 bits per heavy atom. The molecule has 2 nitrogen and oxygen atoms in total. The van der Waals surface area contributed by atoms with E-state index >= 15 is 0 Å². The quantitative estimate of drug-likeness (QED) is 0.606. The molecule has 20 heavy (non-hydrogen) atoms. The summed E-state index contributed by atoms with van der Waals surface area (Å²) < 4.78 is 0. The fourth-order valence-electron chi connectivity index (χ4n) is 2.88. The largest absolute Gasteiger partial charge is 0.303 e. The maximum atomic E-state index is 12.6. The van der Waals surface area contributed by atoms with E-state index in [9.17, 15) is 4.79 Å². The average molecular weight is 263 g/mol. The zero-order chi connectivity index (χ0) is 14.2. The number of para-hydroxylation sites is 1. The fraction of sp³-hybridized carbons (Fsp3) is 0.167. The van der Waals surface area contributed by atoms with Crippen molar-refractivity contribution in [3.05, 3.63) is 78.9 Å². The normalized spacial score (nSPS) is 25.1. The molecule has 2 heteroatoms. The van der Waals surface area contributed by atoms with Gasteiger partial charge >= 0.3 is 0 Å². The van der Waals surface area contributed by atoms with Gasteiger partial charge in [-0.15, -0.1) is 6.58 Å². The summed E-state index contributed by atoms with van der Waals surface area (Å²) in [6, 6.07) is 19.9. The van der Waals surface area contributed by atoms with Crippen LogP contribution in [-0.4, -0.2) is 5.91 Å². The van der Waals surface area contributed by atoms with Crippen molar-refractivity contribution in [2.24, 2.45) is 5.41 Å². The van der Waals surface area contributed by atoms with Gasteiger partial charge in [0.15, 0.2) is 0 Å². The summed E-state index contributed by atoms with van der Waals surface area (Å²) in [7, 11) is 0. The lowest BCUT2D eigenvalue weighted by atomic mass is 9.69. The van der Waals surface area contributed by atoms with E-state index in [1.807, 2.05) is 60.4 Å². The van der Waals surface area contributed by atoms with Crippen molar-refractivity contribution in [2.45, 2.75) is 13.0 Å². The second-order valence-corrected chi connectivity index (χ2v) is 5.31. The van der Waals surface area contributed by atoms with E-state index in [0.29, 0.717) is 0 Å². The lowest BCUT2D eigenvalue weighted by Gasteiger charge is -2.53. The van der Waals surface area contributed by atoms with Crippen LogP contribution >= 0.6 is 0 Å². The number of nitrogens with zero attached hydrogens (tertiary/aromatic N) is 1. The number of benzene rings is 2. The van der Waals surface area contributed by atoms with Crippen LogP contribution in [0.4, 0.5) is 5.69 Å². The Labute approximate surface area is 119 Å². The van der Waals surface area contributed by atoms with Gasteiger partial charge in [0.2, 0.25) is 5.91 Å². The summed E-state index contributed by atoms with van der Waals surface area (Å²) in [6.07, 6.45) is 1.77. The van der Waals surface area contributed by atoms with E-state index in [1.165, 1.54) is 0 Å². The van der Waals surface area contributed by atoms with Crippen molar-refractivity contribution in [3.63, 3.8) is 0 Å². The number of β-lactam (4-membered cyclic amide) rings is 1. The molecule has 2 atom stereocenters. The third-order valence-electron chi connectivity index (χ3n) is 4.08. The first kappa shape index (κ1) is 12.7. The lowest BCUT2D eigenvalue weighted by Crippen LogP contribution is -2.61. The first-order valence-electron chi connectivity index (χ1n) is 6.76. The van der Waals surface area contributed by atoms with Gasteiger partial charge in [0.1, 0.15) is 0 Å². The molecule has 0 bridgehead atoms. The van der Waals surface area contributed by atoms with Crippen LogP contribution in [0.15, 0.2) is 73.3 Å². The lowest BCUT2D eigenvalue weighted by molar-refractivity contribution is -0.134. The minimum atomic E-state index is -0.531. The second-order valence-electron chi connectivity index (χ2n) is 5.31. The van der Waals surface area contributed by atoms with E-state index < -0.39 is 5.41 Å². The maximum absolute atomic E-state index is 12.6. The molecule has 1 amide bonds. The molecule has 2 aromatic rings. The molecule has 0 aliphatic carbocycles. The number of rotatable bonds is 3. The van der Waals surface area contributed by atoms with Crippen molar-refractivity contribution in [3.8, 4) is 0 Å². The smallest absolute Gasteiger partial charge is 0.239 e. The molecule has 1 aliphatic heterocycles. The Kier molecular flexibility index (Phi) is 2.94. The van der Waals surface area contributed by atoms with Gasteiger partial charge in [-0.25, -0.2) is 0 Å². The van der Waals surface area contributed by atoms with Gasteiger partial charge < -0.3 is 4.90 Å². The number of anilines is 1. The van der Waals surface area contributed by atoms with Gasteiger partial charge in [-0.3, -0.25) is 4.79 Å². The van der Waals surface area contributed by atoms with Crippen LogP contribution in [0.25, 0.3) is 0 Å². The van der Waals surface area contributed by atoms with Crippen molar-refractivity contribution in [1.29, 1.82) is 0 Å². The van der Waals surface area contributed by atoms with Crippen LogP contribution < -0.4 is 4.90 Å². The zero-order valence-electron chi connectivity index (χ0n) is 11.5. The highest BCUT2D eigenvalue weighted by Crippen LogP contribution is 2.52. The van der Waals surface area contributed by atoms with Crippen molar-refractivity contribution >= 4 is 11.6 Å². The van der Waals surface area contributed by atoms with Gasteiger partial charge in [-0.2, -0.15) is 0 Å². The molecular formula is C18H17NO. The summed E-state index contributed by atoms with van der Waals surface area (Å²) in [4.78, 5) is 14.4. The molecule has 0 saturated carbocycles. The molecule has 0 unspecified atom stereocenters. The molecule has 1 heterocycles. The maximum Gasteiger partial charge on any atom is 0.239 e. The first-order chi connectivity index (χ1) is 9.68. The molecule has 1 saturated heterocycles. The van der Waals surface area contributed by atoms with E-state index in [1.54, 1.807) is 6.08 Å². The average Bonchev–Trinajstić information content (AvgIpc) is 2.52. The van der Waals surface area contributed by atoms with Crippen LogP contribution in [0.2, 0.25) is 0 Å². The summed E-state index contributed by atoms with van der Waals surface area (Å²) >= 11 is 0. The predicted octanol–water partition coefficient (Wildman–Crippen LogP) is 3.97. The number of carbonyl (C=O) groups is 1. The van der Waals surface area contributed by atoms with Crippen LogP contribution in [0, 0.1) is 5.41 Å². The summed E-state index contributed by atoms with van der Waals surface area (Å²) in [5, 5.41) is 0. The molecule has 1 fully saturated rings. The molecule has 3 rings (SSSR count). The summed E-state index contributed by atoms with van der Waals surface area (Å²) in [6.45, 7) is 5.82. The minimum Gasteiger partial charge on any atom is -0.303 e. The molecule has 2 aromatic carbocycles. The number of amides is 1. The van der Waals surface area contributed by atoms with Crippen LogP contribution in [0.1, 0.15) is 18.5 Å². The standard InChI is InChI=1S/C18H17NO/c1-3-18(2)16(14-10-6-4-7-11-14)19(17(18)20)15-12-8-5-9-13-15/h3-13,16H,1H2,2H3/t16-,18+/m1/s1. The molecule has 0 radical (unpaired) electrons. The van der Waals surface area contributed by atoms with Gasteiger partial charge in [0.05, 0.1) is 11.5 Å². The molecule has 0 aromatic heterocycles. The van der Waals surface area contributed by atoms with Crippen molar-refractivity contribution in [2.75, 3.05) is 4.90 Å². The fourth-order valence-corrected chi connectivity index (χ4v) is 2.88. The summed E-state index contributed by atoms with van der Waals surface area (Å²) in [5.41, 5.74) is 1.54. The molecular weight excluding hydrogens is 246 g/mol. The van der Waals surface area contributed by atoms with Crippen LogP contribution in [-0.2, 0) is 4.79 Å². The highest BCUT2D eigenvalue weighted by atomic mass is 16.2. The SMILES string of the molecule is C=C[C@]1(C)C(=O)N(c2ccccc2)[C@@H]1c1ccccc1. The highest BCUT2D eigenvalue weighted by Gasteiger charge is 2.56. The van der Waals surface area contributed by atoms with E-state index in [4.69, 9.17) is 0 Å². The molecule has 0 N–H and O–H groups in total. The number of carbonyl (C=O) groups excluding carboxylic acids is 1. The van der Waals surface area contributed by atoms with E-state index in [0.717, 1.165) is 11.3 Å². The van der Waals surface area contributed by atoms with Gasteiger partial charge in [-0.1, -0.05) is 54.6 Å². The Morgan fingerprint density at radius 3 is 2.15 bits per heavy atom. The summed E-state index contributed by atoms with van der Waals surface area (Å²) in [5.74, 6) is 0.104. The van der Waals surface area contributed by atoms with Crippen LogP contribution in [0.5, 0.6) is 0 Å². The Bertz CT molecular complexity index is 635. The van der Waals surface area contributed by atoms with E-state index in [2.05, 4.69) is 18.7 Å². The minimum absolute atomic E-state index is 0.0103. The number of hydrogen-bond donors (Lipinski definition) is 0. The Morgan fingerprint density at radius 1 is 1.05 bits per heavy atom. The Hall–Kier alpha value is -2.35. The molecule has 100 valence electrons. The second kappa shape index (κ2) is 4.64. The third kappa shape index (κ3) is 1.68. The molecule has 1 aliphatic rings. The van der Waals surface area contributed by atoms with Gasteiger partial charge in [-0.05, 0) is 24.6 Å². The highest BCUT2D eigenvalue weighted by molar-refractivity contribution is 6.07. The topological polar surface area (TPSA) is 20.3 Å². The number of hydrogen-bond acceptors (Lipinski definition) is 1. The van der Waals surface area contributed by atoms with Crippen molar-refractivity contribution < 1.29 is 4.79 Å². The molecule has 0 spiro atoms. The van der Waals surface area contributed by atoms with Gasteiger partial charge in [0.25, 0.3) is 0 Å². The first-order valence-corrected chi connectivity index (χ1v) is 6.76. The van der Waals surface area contributed by atoms with Gasteiger partial charge in [0, 0.05) is 5.69 Å². The van der Waals surface area contributed by atoms with Crippen LogP contribution in [0.3, 0.4) is 0 Å². The van der Waals surface area contributed by atoms with E-state index in [-0.39, 0.29) is 11.9 Å². The van der Waals surface area contributed by atoms with Crippen molar-refractivity contribution in [1.82, 2.24) is 0 Å². The Balaban J connectivity index is 2.07.